The topological polar surface area (TPSA) is 49.0 Å². The monoisotopic (exact) mass is 307 g/mol. The molecular weight excluding hydrogens is 294 g/mol. The van der Waals surface area contributed by atoms with Gasteiger partial charge < -0.3 is 9.88 Å². The Kier molecular flexibility index (Phi) is 4.52. The zero-order chi connectivity index (χ0) is 12.8. The third kappa shape index (κ3) is 3.20. The maximum atomic E-state index is 11.8. The minimum atomic E-state index is -0.158. The molecule has 0 aliphatic heterocycles. The Hall–Kier alpha value is -1.62. The average Bonchev–Trinajstić information content (AvgIpc) is 2.40. The first kappa shape index (κ1) is 12.8. The molecule has 2 aromatic rings. The number of hydrogen-bond donors (Lipinski definition) is 1. The number of nitrogens with one attached hydrogen (secondary N) is 1. The molecule has 0 saturated carbocycles. The third-order valence-corrected chi connectivity index (χ3v) is 2.91. The van der Waals surface area contributed by atoms with Crippen LogP contribution in [0.2, 0.25) is 0 Å². The van der Waals surface area contributed by atoms with Gasteiger partial charge in [0, 0.05) is 30.8 Å². The molecule has 0 spiro atoms. The number of H-pyrrole nitrogens is 1. The molecule has 4 nitrogen and oxygen atoms in total. The Balaban J connectivity index is 2.24. The number of halogens is 1. The standard InChI is InChI=1S/C13H14BrN3O/c14-6-9-17(10-11-4-2-1-3-5-11)12-13(18)16-8-7-15-12/h1-5,7-8H,6,9-10H2,(H,16,18). The Morgan fingerprint density at radius 1 is 1.28 bits per heavy atom. The normalized spacial score (nSPS) is 10.3. The van der Waals surface area contributed by atoms with Crippen molar-refractivity contribution in [3.63, 3.8) is 0 Å². The van der Waals surface area contributed by atoms with Gasteiger partial charge in [-0.2, -0.15) is 0 Å². The van der Waals surface area contributed by atoms with Gasteiger partial charge in [-0.1, -0.05) is 46.3 Å². The zero-order valence-corrected chi connectivity index (χ0v) is 11.4. The fourth-order valence-corrected chi connectivity index (χ4v) is 2.16. The molecule has 0 atom stereocenters. The SMILES string of the molecule is O=c1[nH]ccnc1N(CCBr)Cc1ccccc1. The Bertz CT molecular complexity index is 541. The Morgan fingerprint density at radius 3 is 2.72 bits per heavy atom. The summed E-state index contributed by atoms with van der Waals surface area (Å²) < 4.78 is 0. The van der Waals surface area contributed by atoms with Crippen LogP contribution in [0.15, 0.2) is 47.5 Å². The highest BCUT2D eigenvalue weighted by Gasteiger charge is 2.11. The van der Waals surface area contributed by atoms with Crippen LogP contribution in [-0.4, -0.2) is 21.8 Å². The fourth-order valence-electron chi connectivity index (χ4n) is 1.73. The highest BCUT2D eigenvalue weighted by molar-refractivity contribution is 9.09. The summed E-state index contributed by atoms with van der Waals surface area (Å²) in [5.41, 5.74) is 0.998. The van der Waals surface area contributed by atoms with E-state index in [9.17, 15) is 4.79 Å². The zero-order valence-electron chi connectivity index (χ0n) is 9.84. The summed E-state index contributed by atoms with van der Waals surface area (Å²) in [6.45, 7) is 1.40. The van der Waals surface area contributed by atoms with Crippen LogP contribution in [0.3, 0.4) is 0 Å². The van der Waals surface area contributed by atoms with Gasteiger partial charge in [0.25, 0.3) is 5.56 Å². The summed E-state index contributed by atoms with van der Waals surface area (Å²) in [7, 11) is 0. The molecule has 5 heteroatoms. The second kappa shape index (κ2) is 6.35. The van der Waals surface area contributed by atoms with E-state index in [1.54, 1.807) is 12.4 Å². The van der Waals surface area contributed by atoms with Gasteiger partial charge in [0.15, 0.2) is 5.82 Å². The number of benzene rings is 1. The van der Waals surface area contributed by atoms with Crippen molar-refractivity contribution in [2.45, 2.75) is 6.54 Å². The number of alkyl halides is 1. The highest BCUT2D eigenvalue weighted by atomic mass is 79.9. The quantitative estimate of drug-likeness (QED) is 0.861. The van der Waals surface area contributed by atoms with Crippen LogP contribution < -0.4 is 10.5 Å². The Labute approximate surface area is 114 Å². The Morgan fingerprint density at radius 2 is 2.06 bits per heavy atom. The van der Waals surface area contributed by atoms with E-state index in [-0.39, 0.29) is 5.56 Å². The van der Waals surface area contributed by atoms with Crippen LogP contribution in [0, 0.1) is 0 Å². The van der Waals surface area contributed by atoms with E-state index in [4.69, 9.17) is 0 Å². The molecule has 1 N–H and O–H groups in total. The van der Waals surface area contributed by atoms with Crippen molar-refractivity contribution in [3.05, 3.63) is 58.6 Å². The van der Waals surface area contributed by atoms with Gasteiger partial charge in [-0.05, 0) is 5.56 Å². The van der Waals surface area contributed by atoms with Crippen molar-refractivity contribution in [2.75, 3.05) is 16.8 Å². The lowest BCUT2D eigenvalue weighted by Gasteiger charge is -2.21. The molecule has 0 aliphatic rings. The van der Waals surface area contributed by atoms with Crippen molar-refractivity contribution in [3.8, 4) is 0 Å². The van der Waals surface area contributed by atoms with Crippen molar-refractivity contribution in [1.29, 1.82) is 0 Å². The molecule has 1 aromatic carbocycles. The lowest BCUT2D eigenvalue weighted by molar-refractivity contribution is 0.808. The molecule has 2 rings (SSSR count). The number of nitrogens with zero attached hydrogens (tertiary/aromatic N) is 2. The molecular formula is C13H14BrN3O. The van der Waals surface area contributed by atoms with Gasteiger partial charge in [0.05, 0.1) is 0 Å². The van der Waals surface area contributed by atoms with E-state index in [0.717, 1.165) is 17.4 Å². The van der Waals surface area contributed by atoms with Crippen molar-refractivity contribution >= 4 is 21.7 Å². The maximum Gasteiger partial charge on any atom is 0.290 e. The van der Waals surface area contributed by atoms with Gasteiger partial charge in [-0.15, -0.1) is 0 Å². The van der Waals surface area contributed by atoms with Crippen LogP contribution >= 0.6 is 15.9 Å². The molecule has 0 radical (unpaired) electrons. The van der Waals surface area contributed by atoms with Crippen LogP contribution in [0.5, 0.6) is 0 Å². The van der Waals surface area contributed by atoms with Crippen LogP contribution in [-0.2, 0) is 6.54 Å². The molecule has 0 saturated heterocycles. The minimum absolute atomic E-state index is 0.158. The fraction of sp³-hybridized carbons (Fsp3) is 0.231. The van der Waals surface area contributed by atoms with E-state index in [1.165, 1.54) is 0 Å². The van der Waals surface area contributed by atoms with Gasteiger partial charge in [-0.25, -0.2) is 4.98 Å². The van der Waals surface area contributed by atoms with Crippen molar-refractivity contribution in [1.82, 2.24) is 9.97 Å². The van der Waals surface area contributed by atoms with Gasteiger partial charge >= 0.3 is 0 Å². The second-order valence-electron chi connectivity index (χ2n) is 3.84. The number of rotatable bonds is 5. The summed E-state index contributed by atoms with van der Waals surface area (Å²) in [6.07, 6.45) is 3.14. The summed E-state index contributed by atoms with van der Waals surface area (Å²) in [5, 5.41) is 0.788. The summed E-state index contributed by atoms with van der Waals surface area (Å²) >= 11 is 3.40. The first-order chi connectivity index (χ1) is 8.81. The number of aromatic nitrogens is 2. The summed E-state index contributed by atoms with van der Waals surface area (Å²) in [4.78, 5) is 20.5. The molecule has 0 aliphatic carbocycles. The minimum Gasteiger partial charge on any atom is -0.347 e. The van der Waals surface area contributed by atoms with Gasteiger partial charge in [0.1, 0.15) is 0 Å². The lowest BCUT2D eigenvalue weighted by Crippen LogP contribution is -2.31. The summed E-state index contributed by atoms with van der Waals surface area (Å²) in [5.74, 6) is 0.459. The number of aromatic amines is 1. The van der Waals surface area contributed by atoms with Crippen molar-refractivity contribution in [2.24, 2.45) is 0 Å². The largest absolute Gasteiger partial charge is 0.347 e. The third-order valence-electron chi connectivity index (χ3n) is 2.56. The lowest BCUT2D eigenvalue weighted by atomic mass is 10.2. The van der Waals surface area contributed by atoms with Gasteiger partial charge in [0.2, 0.25) is 0 Å². The number of hydrogen-bond acceptors (Lipinski definition) is 3. The van der Waals surface area contributed by atoms with E-state index in [1.807, 2.05) is 35.2 Å². The predicted octanol–water partition coefficient (Wildman–Crippen LogP) is 2.17. The second-order valence-corrected chi connectivity index (χ2v) is 4.63. The first-order valence-corrected chi connectivity index (χ1v) is 6.82. The predicted molar refractivity (Wildman–Crippen MR) is 76.1 cm³/mol. The van der Waals surface area contributed by atoms with Crippen LogP contribution in [0.25, 0.3) is 0 Å². The average molecular weight is 308 g/mol. The van der Waals surface area contributed by atoms with E-state index >= 15 is 0 Å². The summed E-state index contributed by atoms with van der Waals surface area (Å²) in [6, 6.07) is 10.0. The smallest absolute Gasteiger partial charge is 0.290 e. The van der Waals surface area contributed by atoms with E-state index in [0.29, 0.717) is 12.4 Å². The molecule has 1 heterocycles. The van der Waals surface area contributed by atoms with E-state index in [2.05, 4.69) is 25.9 Å². The molecule has 1 aromatic heterocycles. The molecule has 0 bridgehead atoms. The van der Waals surface area contributed by atoms with Crippen LogP contribution in [0.1, 0.15) is 5.56 Å². The van der Waals surface area contributed by atoms with E-state index < -0.39 is 0 Å². The molecule has 0 unspecified atom stereocenters. The molecule has 94 valence electrons. The van der Waals surface area contributed by atoms with Gasteiger partial charge in [-0.3, -0.25) is 4.79 Å². The molecule has 0 fully saturated rings. The molecule has 0 amide bonds. The van der Waals surface area contributed by atoms with Crippen LogP contribution in [0.4, 0.5) is 5.82 Å². The number of anilines is 1. The molecule has 18 heavy (non-hydrogen) atoms. The first-order valence-electron chi connectivity index (χ1n) is 5.70. The highest BCUT2D eigenvalue weighted by Crippen LogP contribution is 2.10. The maximum absolute atomic E-state index is 11.8. The van der Waals surface area contributed by atoms with Crippen molar-refractivity contribution < 1.29 is 0 Å².